The molecule has 0 atom stereocenters. The van der Waals surface area contributed by atoms with E-state index in [2.05, 4.69) is 14.7 Å². The van der Waals surface area contributed by atoms with Crippen LogP contribution in [-0.2, 0) is 16.0 Å². The van der Waals surface area contributed by atoms with Crippen LogP contribution in [0.1, 0.15) is 5.82 Å². The van der Waals surface area contributed by atoms with Gasteiger partial charge in [-0.15, -0.1) is 0 Å². The minimum absolute atomic E-state index is 0.0545. The number of rotatable bonds is 3. The molecule has 2 N–H and O–H groups in total. The summed E-state index contributed by atoms with van der Waals surface area (Å²) >= 11 is 0. The van der Waals surface area contributed by atoms with Crippen LogP contribution in [0.25, 0.3) is 0 Å². The molecule has 0 bridgehead atoms. The average molecular weight is 196 g/mol. The average Bonchev–Trinajstić information content (AvgIpc) is 2.18. The third kappa shape index (κ3) is 2.79. The van der Waals surface area contributed by atoms with Gasteiger partial charge in [-0.3, -0.25) is 4.79 Å². The molecule has 6 nitrogen and oxygen atoms in total. The van der Waals surface area contributed by atoms with E-state index in [1.807, 2.05) is 0 Å². The van der Waals surface area contributed by atoms with E-state index >= 15 is 0 Å². The first-order valence-corrected chi connectivity index (χ1v) is 3.88. The zero-order valence-corrected chi connectivity index (χ0v) is 7.54. The summed E-state index contributed by atoms with van der Waals surface area (Å²) in [5.74, 6) is -0.281. The highest BCUT2D eigenvalue weighted by molar-refractivity contribution is 6.57. The van der Waals surface area contributed by atoms with Crippen molar-refractivity contribution in [1.82, 2.24) is 9.97 Å². The van der Waals surface area contributed by atoms with Gasteiger partial charge in [0.15, 0.2) is 0 Å². The van der Waals surface area contributed by atoms with Crippen LogP contribution in [0.3, 0.4) is 0 Å². The van der Waals surface area contributed by atoms with E-state index in [0.717, 1.165) is 0 Å². The summed E-state index contributed by atoms with van der Waals surface area (Å²) in [7, 11) is -0.401. The third-order valence-corrected chi connectivity index (χ3v) is 1.52. The Morgan fingerprint density at radius 2 is 2.36 bits per heavy atom. The summed E-state index contributed by atoms with van der Waals surface area (Å²) in [6.07, 6.45) is 1.26. The Labute approximate surface area is 80.7 Å². The quantitative estimate of drug-likeness (QED) is 0.423. The van der Waals surface area contributed by atoms with Gasteiger partial charge in [0.05, 0.1) is 12.7 Å². The molecule has 0 radical (unpaired) electrons. The van der Waals surface area contributed by atoms with E-state index in [4.69, 9.17) is 10.0 Å². The maximum Gasteiger partial charge on any atom is 0.508 e. The van der Waals surface area contributed by atoms with Crippen LogP contribution in [-0.4, -0.2) is 40.2 Å². The lowest BCUT2D eigenvalue weighted by molar-refractivity contribution is -0.139. The molecule has 0 spiro atoms. The fourth-order valence-electron chi connectivity index (χ4n) is 0.845. The maximum atomic E-state index is 10.8. The van der Waals surface area contributed by atoms with Gasteiger partial charge in [0.2, 0.25) is 0 Å². The number of aromatic nitrogens is 2. The van der Waals surface area contributed by atoms with Gasteiger partial charge in [-0.1, -0.05) is 0 Å². The molecule has 0 aromatic carbocycles. The van der Waals surface area contributed by atoms with Crippen LogP contribution < -0.4 is 5.59 Å². The molecule has 0 aliphatic rings. The Hall–Kier alpha value is -1.47. The number of hydrogen-bond acceptors (Lipinski definition) is 6. The Morgan fingerprint density at radius 1 is 1.64 bits per heavy atom. The molecule has 0 aliphatic heterocycles. The Balaban J connectivity index is 2.78. The molecule has 0 aliphatic carbocycles. The van der Waals surface area contributed by atoms with E-state index in [9.17, 15) is 4.79 Å². The summed E-state index contributed by atoms with van der Waals surface area (Å²) in [4.78, 5) is 18.4. The minimum Gasteiger partial charge on any atom is -0.469 e. The molecule has 7 heteroatoms. The number of carbonyl (C=O) groups is 1. The molecule has 74 valence electrons. The van der Waals surface area contributed by atoms with E-state index in [-0.39, 0.29) is 17.8 Å². The summed E-state index contributed by atoms with van der Waals surface area (Å²) in [6, 6.07) is 1.35. The molecule has 0 fully saturated rings. The van der Waals surface area contributed by atoms with E-state index in [1.165, 1.54) is 19.4 Å². The van der Waals surface area contributed by atoms with Crippen molar-refractivity contribution < 1.29 is 19.6 Å². The molecule has 14 heavy (non-hydrogen) atoms. The Kier molecular flexibility index (Phi) is 3.55. The van der Waals surface area contributed by atoms with E-state index < -0.39 is 13.1 Å². The fraction of sp³-hybridized carbons (Fsp3) is 0.286. The second-order valence-corrected chi connectivity index (χ2v) is 2.52. The summed E-state index contributed by atoms with van der Waals surface area (Å²) in [5, 5.41) is 17.6. The lowest BCUT2D eigenvalue weighted by Gasteiger charge is -2.01. The van der Waals surface area contributed by atoms with Crippen molar-refractivity contribution in [3.05, 3.63) is 18.1 Å². The first-order chi connectivity index (χ1) is 6.63. The topological polar surface area (TPSA) is 92.5 Å². The standard InChI is InChI=1S/C7H9BN2O4/c1-14-7(11)4-6-9-3-2-5(10-6)8(12)13/h2-3,12-13H,4H2,1H3. The van der Waals surface area contributed by atoms with Gasteiger partial charge in [-0.25, -0.2) is 9.97 Å². The smallest absolute Gasteiger partial charge is 0.469 e. The zero-order chi connectivity index (χ0) is 10.6. The first kappa shape index (κ1) is 10.6. The van der Waals surface area contributed by atoms with Crippen molar-refractivity contribution in [2.24, 2.45) is 0 Å². The maximum absolute atomic E-state index is 10.8. The van der Waals surface area contributed by atoms with Crippen LogP contribution in [0.2, 0.25) is 0 Å². The van der Waals surface area contributed by atoms with Gasteiger partial charge in [-0.2, -0.15) is 0 Å². The lowest BCUT2D eigenvalue weighted by Crippen LogP contribution is -2.33. The van der Waals surface area contributed by atoms with Crippen LogP contribution in [0.5, 0.6) is 0 Å². The van der Waals surface area contributed by atoms with E-state index in [0.29, 0.717) is 0 Å². The van der Waals surface area contributed by atoms with Gasteiger partial charge in [0, 0.05) is 6.20 Å². The van der Waals surface area contributed by atoms with Gasteiger partial charge < -0.3 is 14.8 Å². The minimum atomic E-state index is -1.66. The van der Waals surface area contributed by atoms with E-state index in [1.54, 1.807) is 0 Å². The molecular formula is C7H9BN2O4. The summed E-state index contributed by atoms with van der Waals surface area (Å²) < 4.78 is 4.41. The number of hydrogen-bond donors (Lipinski definition) is 2. The molecule has 1 rings (SSSR count). The zero-order valence-electron chi connectivity index (χ0n) is 7.54. The predicted molar refractivity (Wildman–Crippen MR) is 47.6 cm³/mol. The molecular weight excluding hydrogens is 187 g/mol. The van der Waals surface area contributed by atoms with Crippen molar-refractivity contribution in [2.75, 3.05) is 7.11 Å². The van der Waals surface area contributed by atoms with Gasteiger partial charge in [-0.05, 0) is 6.07 Å². The second-order valence-electron chi connectivity index (χ2n) is 2.52. The van der Waals surface area contributed by atoms with Gasteiger partial charge >= 0.3 is 13.1 Å². The highest BCUT2D eigenvalue weighted by atomic mass is 16.5. The molecule has 0 unspecified atom stereocenters. The van der Waals surface area contributed by atoms with Crippen LogP contribution in [0, 0.1) is 0 Å². The van der Waals surface area contributed by atoms with Crippen molar-refractivity contribution in [1.29, 1.82) is 0 Å². The molecule has 0 saturated heterocycles. The Bertz CT molecular complexity index is 331. The van der Waals surface area contributed by atoms with Crippen molar-refractivity contribution in [3.8, 4) is 0 Å². The molecule has 1 heterocycles. The third-order valence-electron chi connectivity index (χ3n) is 1.52. The van der Waals surface area contributed by atoms with Crippen molar-refractivity contribution in [3.63, 3.8) is 0 Å². The summed E-state index contributed by atoms with van der Waals surface area (Å²) in [5.41, 5.74) is 0.0545. The highest BCUT2D eigenvalue weighted by Gasteiger charge is 2.14. The normalized spacial score (nSPS) is 9.64. The van der Waals surface area contributed by atoms with Gasteiger partial charge in [0.1, 0.15) is 12.2 Å². The molecule has 0 saturated carbocycles. The fourth-order valence-corrected chi connectivity index (χ4v) is 0.845. The predicted octanol–water partition coefficient (Wildman–Crippen LogP) is -2.13. The largest absolute Gasteiger partial charge is 0.508 e. The van der Waals surface area contributed by atoms with Crippen LogP contribution in [0.15, 0.2) is 12.3 Å². The monoisotopic (exact) mass is 196 g/mol. The first-order valence-electron chi connectivity index (χ1n) is 3.88. The molecule has 0 amide bonds. The SMILES string of the molecule is COC(=O)Cc1nccc(B(O)O)n1. The number of carbonyl (C=O) groups excluding carboxylic acids is 1. The van der Waals surface area contributed by atoms with Crippen molar-refractivity contribution >= 4 is 18.7 Å². The lowest BCUT2D eigenvalue weighted by atomic mass is 9.86. The molecule has 1 aromatic heterocycles. The number of ether oxygens (including phenoxy) is 1. The number of nitrogens with zero attached hydrogens (tertiary/aromatic N) is 2. The second kappa shape index (κ2) is 4.68. The summed E-state index contributed by atoms with van der Waals surface area (Å²) in [6.45, 7) is 0. The molecule has 1 aromatic rings. The van der Waals surface area contributed by atoms with Crippen LogP contribution in [0.4, 0.5) is 0 Å². The Morgan fingerprint density at radius 3 is 2.93 bits per heavy atom. The van der Waals surface area contributed by atoms with Crippen LogP contribution >= 0.6 is 0 Å². The van der Waals surface area contributed by atoms with Gasteiger partial charge in [0.25, 0.3) is 0 Å². The number of methoxy groups -OCH3 is 1. The van der Waals surface area contributed by atoms with Crippen molar-refractivity contribution in [2.45, 2.75) is 6.42 Å². The number of esters is 1. The highest BCUT2D eigenvalue weighted by Crippen LogP contribution is 1.90.